The van der Waals surface area contributed by atoms with Crippen molar-refractivity contribution in [3.63, 3.8) is 0 Å². The van der Waals surface area contributed by atoms with Gasteiger partial charge in [0.15, 0.2) is 5.03 Å². The number of sulfone groups is 1. The topological polar surface area (TPSA) is 64.8 Å². The predicted octanol–water partition coefficient (Wildman–Crippen LogP) is 5.67. The number of rotatable bonds is 4. The largest absolute Gasteiger partial charge is 2.00 e. The molecule has 3 heterocycles. The zero-order chi connectivity index (χ0) is 24.0. The number of para-hydroxylation sites is 1. The average molecular weight is 656 g/mol. The fraction of sp³-hybridized carbons (Fsp3) is 0. The van der Waals surface area contributed by atoms with Crippen LogP contribution in [0.5, 0.6) is 0 Å². The van der Waals surface area contributed by atoms with E-state index in [1.807, 2.05) is 48.5 Å². The summed E-state index contributed by atoms with van der Waals surface area (Å²) in [6, 6.07) is 33.6. The summed E-state index contributed by atoms with van der Waals surface area (Å²) in [6.45, 7) is 0. The van der Waals surface area contributed by atoms with Gasteiger partial charge in [0, 0.05) is 17.9 Å². The zero-order valence-corrected chi connectivity index (χ0v) is 21.2. The minimum Gasteiger partial charge on any atom is -0.314 e. The SMILES string of the molecule is [2H]c1cccc(S(=O)(=O)c2[c-]c(-c3[c-]c4c(cc3)c3ccccc3n4-c3ccccn3)ccc2)n1.[Pt+2]. The van der Waals surface area contributed by atoms with Crippen molar-refractivity contribution in [1.82, 2.24) is 14.5 Å². The summed E-state index contributed by atoms with van der Waals surface area (Å²) in [5, 5.41) is 1.93. The number of nitrogens with zero attached hydrogens (tertiary/aromatic N) is 3. The van der Waals surface area contributed by atoms with Crippen molar-refractivity contribution in [2.45, 2.75) is 9.92 Å². The van der Waals surface area contributed by atoms with Gasteiger partial charge in [0.05, 0.1) is 1.37 Å². The van der Waals surface area contributed by atoms with Gasteiger partial charge >= 0.3 is 21.1 Å². The molecule has 0 saturated carbocycles. The van der Waals surface area contributed by atoms with Crippen LogP contribution in [0, 0.1) is 12.1 Å². The molecule has 6 rings (SSSR count). The minimum absolute atomic E-state index is 0. The molecule has 5 nitrogen and oxygen atoms in total. The molecule has 0 aliphatic heterocycles. The first-order valence-electron chi connectivity index (χ1n) is 11.1. The number of hydrogen-bond donors (Lipinski definition) is 0. The molecule has 3 aromatic heterocycles. The van der Waals surface area contributed by atoms with E-state index in [0.717, 1.165) is 27.6 Å². The molecule has 0 radical (unpaired) electrons. The quantitative estimate of drug-likeness (QED) is 0.230. The second kappa shape index (κ2) is 9.21. The molecule has 0 atom stereocenters. The fourth-order valence-electron chi connectivity index (χ4n) is 4.11. The van der Waals surface area contributed by atoms with Gasteiger partial charge in [-0.25, -0.2) is 29.5 Å². The van der Waals surface area contributed by atoms with Crippen LogP contribution in [0.25, 0.3) is 38.8 Å². The third-order valence-corrected chi connectivity index (χ3v) is 7.26. The third kappa shape index (κ3) is 3.99. The Kier molecular flexibility index (Phi) is 5.77. The van der Waals surface area contributed by atoms with Gasteiger partial charge in [0.25, 0.3) is 0 Å². The minimum atomic E-state index is -3.92. The summed E-state index contributed by atoms with van der Waals surface area (Å²) in [5.74, 6) is 0.772. The van der Waals surface area contributed by atoms with Crippen LogP contribution in [0.1, 0.15) is 1.37 Å². The van der Waals surface area contributed by atoms with Crippen molar-refractivity contribution in [3.05, 3.63) is 115 Å². The van der Waals surface area contributed by atoms with Gasteiger partial charge < -0.3 is 4.57 Å². The van der Waals surface area contributed by atoms with E-state index in [2.05, 4.69) is 32.7 Å². The molecule has 0 bridgehead atoms. The molecular formula is C28H17N3O2PtS. The molecule has 0 aliphatic carbocycles. The summed E-state index contributed by atoms with van der Waals surface area (Å²) in [6.07, 6.45) is 1.64. The maximum Gasteiger partial charge on any atom is 2.00 e. The smallest absolute Gasteiger partial charge is 0.314 e. The van der Waals surface area contributed by atoms with Crippen LogP contribution in [-0.4, -0.2) is 23.0 Å². The number of fused-ring (bicyclic) bond motifs is 3. The number of benzene rings is 3. The molecule has 3 aromatic carbocycles. The standard InChI is InChI=1S/C28H17N3O2S.Pt/c32-34(33,28-13-4-6-17-30-28)22-9-7-8-20(18-22)21-14-15-24-23-10-1-2-11-25(23)31(26(24)19-21)27-12-3-5-16-29-27;/h1-17H;/q-2;+2/i17D;. The van der Waals surface area contributed by atoms with Gasteiger partial charge in [-0.05, 0) is 46.1 Å². The monoisotopic (exact) mass is 655 g/mol. The van der Waals surface area contributed by atoms with Gasteiger partial charge in [0.2, 0.25) is 9.84 Å². The predicted molar refractivity (Wildman–Crippen MR) is 131 cm³/mol. The third-order valence-electron chi connectivity index (χ3n) is 5.67. The van der Waals surface area contributed by atoms with Crippen molar-refractivity contribution < 1.29 is 30.9 Å². The first-order chi connectivity index (χ1) is 17.0. The van der Waals surface area contributed by atoms with Crippen LogP contribution in [0.2, 0.25) is 0 Å². The van der Waals surface area contributed by atoms with E-state index in [1.54, 1.807) is 18.3 Å². The van der Waals surface area contributed by atoms with Crippen molar-refractivity contribution in [2.24, 2.45) is 0 Å². The van der Waals surface area contributed by atoms with Crippen molar-refractivity contribution in [3.8, 4) is 16.9 Å². The Morgan fingerprint density at radius 1 is 0.743 bits per heavy atom. The van der Waals surface area contributed by atoms with Gasteiger partial charge in [-0.1, -0.05) is 35.7 Å². The van der Waals surface area contributed by atoms with E-state index in [1.165, 1.54) is 24.3 Å². The molecular weight excluding hydrogens is 637 g/mol. The summed E-state index contributed by atoms with van der Waals surface area (Å²) in [4.78, 5) is 8.41. The zero-order valence-electron chi connectivity index (χ0n) is 19.1. The van der Waals surface area contributed by atoms with E-state index in [0.29, 0.717) is 11.1 Å². The molecule has 0 spiro atoms. The molecule has 0 fully saturated rings. The molecule has 0 saturated heterocycles. The molecule has 0 unspecified atom stereocenters. The molecule has 0 N–H and O–H groups in total. The fourth-order valence-corrected chi connectivity index (χ4v) is 5.27. The summed E-state index contributed by atoms with van der Waals surface area (Å²) < 4.78 is 36.0. The van der Waals surface area contributed by atoms with Crippen LogP contribution in [-0.2, 0) is 30.9 Å². The first-order valence-corrected chi connectivity index (χ1v) is 12.1. The van der Waals surface area contributed by atoms with Crippen molar-refractivity contribution >= 4 is 31.6 Å². The Morgan fingerprint density at radius 3 is 2.37 bits per heavy atom. The molecule has 35 heavy (non-hydrogen) atoms. The van der Waals surface area contributed by atoms with Crippen LogP contribution < -0.4 is 0 Å². The van der Waals surface area contributed by atoms with Gasteiger partial charge in [-0.3, -0.25) is 0 Å². The Morgan fingerprint density at radius 2 is 1.54 bits per heavy atom. The molecule has 172 valence electrons. The number of aromatic nitrogens is 3. The molecule has 0 amide bonds. The summed E-state index contributed by atoms with van der Waals surface area (Å²) in [7, 11) is -3.92. The molecule has 0 aliphatic rings. The number of hydrogen-bond acceptors (Lipinski definition) is 4. The van der Waals surface area contributed by atoms with E-state index in [9.17, 15) is 8.42 Å². The van der Waals surface area contributed by atoms with Crippen LogP contribution in [0.15, 0.2) is 113 Å². The van der Waals surface area contributed by atoms with E-state index < -0.39 is 9.84 Å². The average Bonchev–Trinajstić information content (AvgIpc) is 3.23. The van der Waals surface area contributed by atoms with Gasteiger partial charge in [-0.2, -0.15) is 30.3 Å². The van der Waals surface area contributed by atoms with Crippen molar-refractivity contribution in [1.29, 1.82) is 0 Å². The Hall–Kier alpha value is -3.60. The summed E-state index contributed by atoms with van der Waals surface area (Å²) >= 11 is 0. The van der Waals surface area contributed by atoms with Gasteiger partial charge in [0.1, 0.15) is 5.82 Å². The maximum absolute atomic E-state index is 13.1. The summed E-state index contributed by atoms with van der Waals surface area (Å²) in [5.41, 5.74) is 3.15. The Labute approximate surface area is 218 Å². The van der Waals surface area contributed by atoms with E-state index in [-0.39, 0.29) is 37.2 Å². The Balaban J connectivity index is 0.00000267. The normalized spacial score (nSPS) is 11.8. The van der Waals surface area contributed by atoms with Gasteiger partial charge in [-0.15, -0.1) is 12.1 Å². The van der Waals surface area contributed by atoms with Crippen LogP contribution >= 0.6 is 0 Å². The molecule has 7 heteroatoms. The molecule has 6 aromatic rings. The van der Waals surface area contributed by atoms with Crippen molar-refractivity contribution in [2.75, 3.05) is 0 Å². The second-order valence-electron chi connectivity index (χ2n) is 7.71. The maximum atomic E-state index is 13.1. The van der Waals surface area contributed by atoms with Crippen LogP contribution in [0.4, 0.5) is 0 Å². The number of pyridine rings is 2. The van der Waals surface area contributed by atoms with Crippen LogP contribution in [0.3, 0.4) is 0 Å². The van der Waals surface area contributed by atoms with E-state index >= 15 is 0 Å². The first kappa shape index (κ1) is 21.9. The Bertz CT molecular complexity index is 1840. The van der Waals surface area contributed by atoms with E-state index in [4.69, 9.17) is 1.37 Å². The second-order valence-corrected chi connectivity index (χ2v) is 9.58.